The Hall–Kier alpha value is -2.44. The van der Waals surface area contributed by atoms with E-state index in [2.05, 4.69) is 25.5 Å². The molecule has 0 saturated carbocycles. The van der Waals surface area contributed by atoms with E-state index >= 15 is 0 Å². The van der Waals surface area contributed by atoms with Gasteiger partial charge in [-0.25, -0.2) is 0 Å². The molecular weight excluding hydrogens is 264 g/mol. The number of anilines is 1. The van der Waals surface area contributed by atoms with E-state index in [9.17, 15) is 4.79 Å². The summed E-state index contributed by atoms with van der Waals surface area (Å²) in [5, 5.41) is 15.2. The smallest absolute Gasteiger partial charge is 0.257 e. The highest BCUT2D eigenvalue weighted by Gasteiger charge is 2.12. The molecule has 1 amide bonds. The Labute approximate surface area is 112 Å². The number of carbonyl (C=O) groups excluding carboxylic acids is 1. The number of azide groups is 1. The van der Waals surface area contributed by atoms with Crippen LogP contribution < -0.4 is 5.32 Å². The first kappa shape index (κ1) is 13.0. The fourth-order valence-corrected chi connectivity index (χ4v) is 2.09. The minimum absolute atomic E-state index is 0.280. The molecule has 0 saturated heterocycles. The van der Waals surface area contributed by atoms with Crippen LogP contribution in [0.2, 0.25) is 0 Å². The molecule has 96 valence electrons. The van der Waals surface area contributed by atoms with Crippen LogP contribution in [0.4, 0.5) is 10.8 Å². The summed E-state index contributed by atoms with van der Waals surface area (Å²) in [4.78, 5) is 14.7. The third-order valence-corrected chi connectivity index (χ3v) is 3.27. The predicted octanol–water partition coefficient (Wildman–Crippen LogP) is 3.29. The molecule has 0 aliphatic carbocycles. The van der Waals surface area contributed by atoms with E-state index in [1.807, 2.05) is 6.92 Å². The first-order valence-electron chi connectivity index (χ1n) is 5.52. The van der Waals surface area contributed by atoms with Gasteiger partial charge in [-0.3, -0.25) is 10.1 Å². The molecule has 0 spiro atoms. The number of nitrogens with zero attached hydrogens (tertiary/aromatic N) is 5. The Bertz CT molecular complexity index is 646. The molecule has 1 heterocycles. The van der Waals surface area contributed by atoms with Gasteiger partial charge in [-0.1, -0.05) is 41.6 Å². The molecule has 0 bridgehead atoms. The van der Waals surface area contributed by atoms with E-state index in [1.165, 1.54) is 11.3 Å². The molecule has 0 unspecified atom stereocenters. The zero-order valence-corrected chi connectivity index (χ0v) is 10.9. The molecule has 8 heteroatoms. The average molecular weight is 274 g/mol. The Morgan fingerprint density at radius 2 is 2.26 bits per heavy atom. The van der Waals surface area contributed by atoms with Gasteiger partial charge in [0.2, 0.25) is 5.13 Å². The zero-order chi connectivity index (χ0) is 13.7. The lowest BCUT2D eigenvalue weighted by atomic mass is 10.2. The first-order valence-corrected chi connectivity index (χ1v) is 6.34. The van der Waals surface area contributed by atoms with E-state index in [4.69, 9.17) is 5.53 Å². The quantitative estimate of drug-likeness (QED) is 0.525. The largest absolute Gasteiger partial charge is 0.296 e. The monoisotopic (exact) mass is 274 g/mol. The van der Waals surface area contributed by atoms with Crippen molar-refractivity contribution in [3.8, 4) is 0 Å². The van der Waals surface area contributed by atoms with Gasteiger partial charge in [-0.05, 0) is 18.0 Å². The van der Waals surface area contributed by atoms with Crippen molar-refractivity contribution in [3.63, 3.8) is 0 Å². The summed E-state index contributed by atoms with van der Waals surface area (Å²) in [5.41, 5.74) is 9.04. The van der Waals surface area contributed by atoms with Gasteiger partial charge in [0.05, 0.1) is 5.69 Å². The van der Waals surface area contributed by atoms with Gasteiger partial charge in [0.25, 0.3) is 5.91 Å². The van der Waals surface area contributed by atoms with E-state index in [1.54, 1.807) is 24.3 Å². The number of hydrogen-bond donors (Lipinski definition) is 1. The van der Waals surface area contributed by atoms with Crippen LogP contribution in [-0.2, 0) is 6.42 Å². The highest BCUT2D eigenvalue weighted by molar-refractivity contribution is 7.15. The molecule has 1 N–H and O–H groups in total. The van der Waals surface area contributed by atoms with Crippen molar-refractivity contribution in [2.75, 3.05) is 5.32 Å². The standard InChI is InChI=1S/C11H10N6OS/c1-2-9-15-16-11(19-9)13-10(18)7-5-3-4-6-8(7)14-17-12/h3-6H,2H2,1H3,(H,13,16,18). The van der Waals surface area contributed by atoms with Gasteiger partial charge in [0.15, 0.2) is 0 Å². The van der Waals surface area contributed by atoms with Crippen LogP contribution in [0.15, 0.2) is 29.4 Å². The second-order valence-electron chi connectivity index (χ2n) is 3.52. The number of hydrogen-bond acceptors (Lipinski definition) is 5. The van der Waals surface area contributed by atoms with Gasteiger partial charge >= 0.3 is 0 Å². The molecule has 0 atom stereocenters. The maximum Gasteiger partial charge on any atom is 0.257 e. The predicted molar refractivity (Wildman–Crippen MR) is 72.5 cm³/mol. The van der Waals surface area contributed by atoms with Gasteiger partial charge in [-0.15, -0.1) is 10.2 Å². The van der Waals surface area contributed by atoms with Gasteiger partial charge in [0, 0.05) is 10.5 Å². The van der Waals surface area contributed by atoms with Crippen LogP contribution in [0.1, 0.15) is 22.3 Å². The summed E-state index contributed by atoms with van der Waals surface area (Å²) in [5.74, 6) is -0.373. The third kappa shape index (κ3) is 3.06. The number of carbonyl (C=O) groups is 1. The number of aryl methyl sites for hydroxylation is 1. The lowest BCUT2D eigenvalue weighted by Crippen LogP contribution is -2.11. The Morgan fingerprint density at radius 3 is 2.95 bits per heavy atom. The molecule has 7 nitrogen and oxygen atoms in total. The van der Waals surface area contributed by atoms with Crippen LogP contribution >= 0.6 is 11.3 Å². The molecule has 2 aromatic rings. The van der Waals surface area contributed by atoms with Gasteiger partial charge in [-0.2, -0.15) is 0 Å². The third-order valence-electron chi connectivity index (χ3n) is 2.29. The number of nitrogens with one attached hydrogen (secondary N) is 1. The molecule has 1 aromatic carbocycles. The fraction of sp³-hybridized carbons (Fsp3) is 0.182. The molecule has 1 aromatic heterocycles. The zero-order valence-electron chi connectivity index (χ0n) is 10.1. The van der Waals surface area contributed by atoms with E-state index in [0.717, 1.165) is 11.4 Å². The van der Waals surface area contributed by atoms with E-state index in [-0.39, 0.29) is 11.6 Å². The molecule has 19 heavy (non-hydrogen) atoms. The number of rotatable bonds is 4. The van der Waals surface area contributed by atoms with Crippen molar-refractivity contribution < 1.29 is 4.79 Å². The molecular formula is C11H10N6OS. The summed E-state index contributed by atoms with van der Waals surface area (Å²) >= 11 is 1.32. The summed E-state index contributed by atoms with van der Waals surface area (Å²) in [6, 6.07) is 6.55. The van der Waals surface area contributed by atoms with Gasteiger partial charge < -0.3 is 0 Å². The normalized spacial score (nSPS) is 9.74. The lowest BCUT2D eigenvalue weighted by molar-refractivity contribution is 0.102. The van der Waals surface area contributed by atoms with Crippen LogP contribution in [0, 0.1) is 0 Å². The first-order chi connectivity index (χ1) is 9.24. The SMILES string of the molecule is CCc1nnc(NC(=O)c2ccccc2N=[N+]=[N-])s1. The number of aromatic nitrogens is 2. The number of amides is 1. The van der Waals surface area contributed by atoms with Crippen LogP contribution in [-0.4, -0.2) is 16.1 Å². The molecule has 0 aliphatic rings. The minimum Gasteiger partial charge on any atom is -0.296 e. The Kier molecular flexibility index (Phi) is 4.07. The van der Waals surface area contributed by atoms with Gasteiger partial charge in [0.1, 0.15) is 5.01 Å². The van der Waals surface area contributed by atoms with E-state index < -0.39 is 0 Å². The molecule has 2 rings (SSSR count). The van der Waals surface area contributed by atoms with Crippen molar-refractivity contribution in [2.45, 2.75) is 13.3 Å². The van der Waals surface area contributed by atoms with Crippen molar-refractivity contribution in [1.29, 1.82) is 0 Å². The second kappa shape index (κ2) is 5.94. The van der Waals surface area contributed by atoms with Crippen molar-refractivity contribution in [2.24, 2.45) is 5.11 Å². The molecule has 0 fully saturated rings. The lowest BCUT2D eigenvalue weighted by Gasteiger charge is -2.03. The topological polar surface area (TPSA) is 104 Å². The summed E-state index contributed by atoms with van der Waals surface area (Å²) in [7, 11) is 0. The van der Waals surface area contributed by atoms with Crippen molar-refractivity contribution >= 4 is 28.1 Å². The van der Waals surface area contributed by atoms with Crippen LogP contribution in [0.3, 0.4) is 0 Å². The Balaban J connectivity index is 2.22. The maximum atomic E-state index is 12.1. The minimum atomic E-state index is -0.373. The summed E-state index contributed by atoms with van der Waals surface area (Å²) in [6.45, 7) is 1.96. The fourth-order valence-electron chi connectivity index (χ4n) is 1.41. The maximum absolute atomic E-state index is 12.1. The highest BCUT2D eigenvalue weighted by Crippen LogP contribution is 2.21. The molecule has 0 aliphatic heterocycles. The van der Waals surface area contributed by atoms with E-state index in [0.29, 0.717) is 10.7 Å². The van der Waals surface area contributed by atoms with Crippen LogP contribution in [0.25, 0.3) is 10.4 Å². The number of benzene rings is 1. The Morgan fingerprint density at radius 1 is 1.47 bits per heavy atom. The average Bonchev–Trinajstić information content (AvgIpc) is 2.87. The van der Waals surface area contributed by atoms with Crippen molar-refractivity contribution in [1.82, 2.24) is 10.2 Å². The highest BCUT2D eigenvalue weighted by atomic mass is 32.1. The summed E-state index contributed by atoms with van der Waals surface area (Å²) < 4.78 is 0. The molecule has 0 radical (unpaired) electrons. The van der Waals surface area contributed by atoms with Crippen LogP contribution in [0.5, 0.6) is 0 Å². The second-order valence-corrected chi connectivity index (χ2v) is 4.58. The van der Waals surface area contributed by atoms with Crippen molar-refractivity contribution in [3.05, 3.63) is 45.3 Å². The summed E-state index contributed by atoms with van der Waals surface area (Å²) in [6.07, 6.45) is 0.767.